The highest BCUT2D eigenvalue weighted by Gasteiger charge is 2.42. The van der Waals surface area contributed by atoms with Gasteiger partial charge in [-0.2, -0.15) is 0 Å². The SMILES string of the molecule is C[C@@H]1CC[C@H](c2cc(=O)c3c(C(N)=O)nccc3[nH]2)[C@@H](C2CCC(F)(F)CC2)C1. The van der Waals surface area contributed by atoms with Gasteiger partial charge in [0.1, 0.15) is 5.69 Å². The monoisotopic (exact) mass is 403 g/mol. The summed E-state index contributed by atoms with van der Waals surface area (Å²) in [5.41, 5.74) is 6.44. The van der Waals surface area contributed by atoms with Gasteiger partial charge in [0, 0.05) is 36.7 Å². The summed E-state index contributed by atoms with van der Waals surface area (Å²) in [6.45, 7) is 2.22. The largest absolute Gasteiger partial charge is 0.364 e. The van der Waals surface area contributed by atoms with E-state index < -0.39 is 11.8 Å². The van der Waals surface area contributed by atoms with Crippen molar-refractivity contribution >= 4 is 16.8 Å². The fraction of sp³-hybridized carbons (Fsp3) is 0.591. The number of carbonyl (C=O) groups is 1. The summed E-state index contributed by atoms with van der Waals surface area (Å²) in [6.07, 6.45) is 5.41. The van der Waals surface area contributed by atoms with Gasteiger partial charge in [-0.05, 0) is 49.5 Å². The van der Waals surface area contributed by atoms with Gasteiger partial charge in [-0.25, -0.2) is 8.78 Å². The van der Waals surface area contributed by atoms with Gasteiger partial charge in [0.25, 0.3) is 5.91 Å². The average Bonchev–Trinajstić information content (AvgIpc) is 2.67. The van der Waals surface area contributed by atoms with E-state index in [9.17, 15) is 18.4 Å². The number of H-pyrrole nitrogens is 1. The Bertz CT molecular complexity index is 978. The standard InChI is InChI=1S/C22H27F2N3O2/c1-12-2-3-14(15(10-12)13-4-7-22(23,24)8-5-13)17-11-18(28)19-16(27-17)6-9-26-20(19)21(25)29/h6,9,11-15H,2-5,7-8,10H2,1H3,(H2,25,29)(H,27,28)/t12-,14+,15-/m1/s1. The first kappa shape index (κ1) is 20.0. The van der Waals surface area contributed by atoms with Crippen molar-refractivity contribution in [1.82, 2.24) is 9.97 Å². The van der Waals surface area contributed by atoms with Crippen LogP contribution in [-0.2, 0) is 0 Å². The van der Waals surface area contributed by atoms with Crippen LogP contribution in [0.3, 0.4) is 0 Å². The number of primary amides is 1. The number of alkyl halides is 2. The second kappa shape index (κ2) is 7.50. The zero-order valence-electron chi connectivity index (χ0n) is 16.6. The minimum absolute atomic E-state index is 0.0290. The number of carbonyl (C=O) groups excluding carboxylic acids is 1. The number of amides is 1. The summed E-state index contributed by atoms with van der Waals surface area (Å²) in [6, 6.07) is 3.23. The molecule has 0 aliphatic heterocycles. The maximum Gasteiger partial charge on any atom is 0.268 e. The lowest BCUT2D eigenvalue weighted by molar-refractivity contribution is -0.0570. The first-order chi connectivity index (χ1) is 13.7. The maximum atomic E-state index is 13.7. The molecule has 2 fully saturated rings. The molecule has 2 aliphatic rings. The van der Waals surface area contributed by atoms with Crippen molar-refractivity contribution in [3.63, 3.8) is 0 Å². The molecule has 0 saturated heterocycles. The van der Waals surface area contributed by atoms with Crippen molar-refractivity contribution < 1.29 is 13.6 Å². The van der Waals surface area contributed by atoms with E-state index in [0.29, 0.717) is 24.3 Å². The van der Waals surface area contributed by atoms with E-state index in [1.807, 2.05) is 0 Å². The van der Waals surface area contributed by atoms with Crippen molar-refractivity contribution in [2.24, 2.45) is 23.5 Å². The molecule has 0 bridgehead atoms. The molecule has 156 valence electrons. The lowest BCUT2D eigenvalue weighted by Gasteiger charge is -2.42. The number of hydrogen-bond donors (Lipinski definition) is 2. The zero-order chi connectivity index (χ0) is 20.8. The van der Waals surface area contributed by atoms with Crippen LogP contribution in [0.4, 0.5) is 8.78 Å². The van der Waals surface area contributed by atoms with Gasteiger partial charge in [-0.1, -0.05) is 13.3 Å². The minimum Gasteiger partial charge on any atom is -0.364 e. The van der Waals surface area contributed by atoms with Crippen LogP contribution in [0.2, 0.25) is 0 Å². The van der Waals surface area contributed by atoms with Crippen LogP contribution in [0.25, 0.3) is 10.9 Å². The quantitative estimate of drug-likeness (QED) is 0.798. The highest BCUT2D eigenvalue weighted by Crippen LogP contribution is 2.49. The molecule has 3 atom stereocenters. The van der Waals surface area contributed by atoms with Crippen LogP contribution < -0.4 is 11.2 Å². The zero-order valence-corrected chi connectivity index (χ0v) is 16.6. The Kier molecular flexibility index (Phi) is 5.17. The van der Waals surface area contributed by atoms with Crippen LogP contribution in [0.1, 0.15) is 74.0 Å². The Morgan fingerprint density at radius 1 is 1.24 bits per heavy atom. The van der Waals surface area contributed by atoms with Gasteiger partial charge in [-0.15, -0.1) is 0 Å². The summed E-state index contributed by atoms with van der Waals surface area (Å²) in [7, 11) is 0. The number of nitrogens with two attached hydrogens (primary N) is 1. The summed E-state index contributed by atoms with van der Waals surface area (Å²) < 4.78 is 27.4. The van der Waals surface area contributed by atoms with Gasteiger partial charge >= 0.3 is 0 Å². The van der Waals surface area contributed by atoms with Gasteiger partial charge in [0.2, 0.25) is 5.92 Å². The number of aromatic amines is 1. The molecular formula is C22H27F2N3O2. The summed E-state index contributed by atoms with van der Waals surface area (Å²) in [5.74, 6) is -2.06. The molecule has 2 saturated carbocycles. The highest BCUT2D eigenvalue weighted by atomic mass is 19.3. The number of hydrogen-bond acceptors (Lipinski definition) is 3. The number of halogens is 2. The van der Waals surface area contributed by atoms with E-state index in [-0.39, 0.29) is 47.1 Å². The van der Waals surface area contributed by atoms with E-state index in [0.717, 1.165) is 25.0 Å². The van der Waals surface area contributed by atoms with Crippen LogP contribution >= 0.6 is 0 Å². The third kappa shape index (κ3) is 3.91. The van der Waals surface area contributed by atoms with E-state index in [2.05, 4.69) is 16.9 Å². The molecule has 7 heteroatoms. The fourth-order valence-corrected chi connectivity index (χ4v) is 5.43. The summed E-state index contributed by atoms with van der Waals surface area (Å²) in [5, 5.41) is 0.210. The van der Waals surface area contributed by atoms with Gasteiger partial charge in [-0.3, -0.25) is 14.6 Å². The predicted molar refractivity (Wildman–Crippen MR) is 107 cm³/mol. The normalized spacial score (nSPS) is 27.8. The molecule has 4 rings (SSSR count). The van der Waals surface area contributed by atoms with Crippen LogP contribution in [0.5, 0.6) is 0 Å². The molecule has 2 aliphatic carbocycles. The topological polar surface area (TPSA) is 88.8 Å². The number of fused-ring (bicyclic) bond motifs is 1. The fourth-order valence-electron chi connectivity index (χ4n) is 5.43. The van der Waals surface area contributed by atoms with Crippen molar-refractivity contribution in [3.05, 3.63) is 39.9 Å². The van der Waals surface area contributed by atoms with Crippen LogP contribution in [0, 0.1) is 17.8 Å². The molecule has 0 aromatic carbocycles. The van der Waals surface area contributed by atoms with Gasteiger partial charge in [0.15, 0.2) is 5.43 Å². The smallest absolute Gasteiger partial charge is 0.268 e. The van der Waals surface area contributed by atoms with E-state index >= 15 is 0 Å². The summed E-state index contributed by atoms with van der Waals surface area (Å²) >= 11 is 0. The number of nitrogens with one attached hydrogen (secondary N) is 1. The molecule has 0 spiro atoms. The second-order valence-corrected chi connectivity index (χ2v) is 8.92. The predicted octanol–water partition coefficient (Wildman–Crippen LogP) is 4.37. The first-order valence-corrected chi connectivity index (χ1v) is 10.4. The number of nitrogens with zero attached hydrogens (tertiary/aromatic N) is 1. The van der Waals surface area contributed by atoms with E-state index in [1.165, 1.54) is 6.20 Å². The van der Waals surface area contributed by atoms with Crippen molar-refractivity contribution in [2.45, 2.75) is 63.7 Å². The molecule has 2 aromatic rings. The third-order valence-corrected chi connectivity index (χ3v) is 6.92. The Morgan fingerprint density at radius 2 is 1.97 bits per heavy atom. The van der Waals surface area contributed by atoms with Crippen molar-refractivity contribution in [3.8, 4) is 0 Å². The number of rotatable bonds is 3. The second-order valence-electron chi connectivity index (χ2n) is 8.92. The number of aromatic nitrogens is 2. The average molecular weight is 403 g/mol. The van der Waals surface area contributed by atoms with Crippen LogP contribution in [0.15, 0.2) is 23.1 Å². The first-order valence-electron chi connectivity index (χ1n) is 10.4. The maximum absolute atomic E-state index is 13.7. The minimum atomic E-state index is -2.54. The van der Waals surface area contributed by atoms with Gasteiger partial charge in [0.05, 0.1) is 10.9 Å². The molecule has 2 heterocycles. The Hall–Kier alpha value is -2.31. The molecule has 5 nitrogen and oxygen atoms in total. The highest BCUT2D eigenvalue weighted by molar-refractivity contribution is 6.03. The lowest BCUT2D eigenvalue weighted by Crippen LogP contribution is -2.34. The molecule has 0 unspecified atom stereocenters. The molecular weight excluding hydrogens is 376 g/mol. The molecule has 1 amide bonds. The molecule has 3 N–H and O–H groups in total. The van der Waals surface area contributed by atoms with Crippen molar-refractivity contribution in [2.75, 3.05) is 0 Å². The Labute approximate surface area is 168 Å². The van der Waals surface area contributed by atoms with Gasteiger partial charge < -0.3 is 10.7 Å². The molecule has 0 radical (unpaired) electrons. The van der Waals surface area contributed by atoms with E-state index in [4.69, 9.17) is 5.73 Å². The Morgan fingerprint density at radius 3 is 2.66 bits per heavy atom. The number of pyridine rings is 2. The molecule has 2 aromatic heterocycles. The Balaban J connectivity index is 1.71. The lowest BCUT2D eigenvalue weighted by atomic mass is 9.64. The summed E-state index contributed by atoms with van der Waals surface area (Å²) in [4.78, 5) is 31.8. The molecule has 29 heavy (non-hydrogen) atoms. The van der Waals surface area contributed by atoms with Crippen LogP contribution in [-0.4, -0.2) is 21.8 Å². The third-order valence-electron chi connectivity index (χ3n) is 6.92. The van der Waals surface area contributed by atoms with E-state index in [1.54, 1.807) is 12.1 Å². The van der Waals surface area contributed by atoms with Crippen molar-refractivity contribution in [1.29, 1.82) is 0 Å².